The van der Waals surface area contributed by atoms with Crippen LogP contribution in [0.1, 0.15) is 37.3 Å². The molecule has 0 aliphatic heterocycles. The molecule has 1 aromatic rings. The number of oxime groups is 1. The molecule has 2 rings (SSSR count). The summed E-state index contributed by atoms with van der Waals surface area (Å²) in [7, 11) is 0. The second-order valence-electron chi connectivity index (χ2n) is 5.19. The van der Waals surface area contributed by atoms with Crippen LogP contribution in [0.2, 0.25) is 0 Å². The molecule has 20 heavy (non-hydrogen) atoms. The number of amides is 1. The lowest BCUT2D eigenvalue weighted by molar-refractivity contribution is -0.118. The Labute approximate surface area is 118 Å². The van der Waals surface area contributed by atoms with Crippen molar-refractivity contribution in [1.29, 1.82) is 0 Å². The third-order valence-electron chi connectivity index (χ3n) is 3.73. The molecule has 5 heteroatoms. The first-order valence-corrected chi connectivity index (χ1v) is 7.05. The van der Waals surface area contributed by atoms with E-state index in [0.717, 1.165) is 24.9 Å². The first-order valence-electron chi connectivity index (χ1n) is 7.05. The van der Waals surface area contributed by atoms with Gasteiger partial charge in [0.1, 0.15) is 0 Å². The van der Waals surface area contributed by atoms with Crippen LogP contribution in [-0.4, -0.2) is 17.0 Å². The molecule has 0 heterocycles. The number of nitrogens with one attached hydrogen (secondary N) is 1. The molecular formula is C15H21N3O2. The van der Waals surface area contributed by atoms with Gasteiger partial charge in [0.15, 0.2) is 5.84 Å². The van der Waals surface area contributed by atoms with Crippen molar-refractivity contribution in [2.75, 3.05) is 5.32 Å². The zero-order chi connectivity index (χ0) is 14.5. The molecule has 1 amide bonds. The van der Waals surface area contributed by atoms with E-state index >= 15 is 0 Å². The highest BCUT2D eigenvalue weighted by Crippen LogP contribution is 2.25. The van der Waals surface area contributed by atoms with Crippen molar-refractivity contribution < 1.29 is 10.0 Å². The Morgan fingerprint density at radius 3 is 2.90 bits per heavy atom. The maximum Gasteiger partial charge on any atom is 0.235 e. The largest absolute Gasteiger partial charge is 0.409 e. The van der Waals surface area contributed by atoms with E-state index in [1.54, 1.807) is 0 Å². The van der Waals surface area contributed by atoms with Crippen molar-refractivity contribution in [1.82, 2.24) is 0 Å². The zero-order valence-electron chi connectivity index (χ0n) is 11.7. The van der Waals surface area contributed by atoms with Gasteiger partial charge < -0.3 is 16.3 Å². The van der Waals surface area contributed by atoms with Crippen LogP contribution in [0.4, 0.5) is 5.69 Å². The molecular weight excluding hydrogens is 254 g/mol. The van der Waals surface area contributed by atoms with Crippen molar-refractivity contribution in [2.45, 2.75) is 39.0 Å². The summed E-state index contributed by atoms with van der Waals surface area (Å²) in [6.45, 7) is 1.96. The van der Waals surface area contributed by atoms with Gasteiger partial charge in [-0.1, -0.05) is 24.6 Å². The molecule has 0 aromatic heterocycles. The Morgan fingerprint density at radius 1 is 1.45 bits per heavy atom. The molecule has 108 valence electrons. The van der Waals surface area contributed by atoms with Crippen LogP contribution in [0.25, 0.3) is 0 Å². The Bertz CT molecular complexity index is 526. The van der Waals surface area contributed by atoms with Crippen LogP contribution >= 0.6 is 0 Å². The average molecular weight is 275 g/mol. The van der Waals surface area contributed by atoms with Crippen molar-refractivity contribution in [3.8, 4) is 0 Å². The van der Waals surface area contributed by atoms with Crippen molar-refractivity contribution in [3.63, 3.8) is 0 Å². The maximum atomic E-state index is 12.2. The van der Waals surface area contributed by atoms with E-state index in [2.05, 4.69) is 16.5 Å². The fraction of sp³-hybridized carbons (Fsp3) is 0.467. The monoisotopic (exact) mass is 275 g/mol. The van der Waals surface area contributed by atoms with Crippen molar-refractivity contribution >= 4 is 17.4 Å². The molecule has 1 aromatic carbocycles. The Morgan fingerprint density at radius 2 is 2.20 bits per heavy atom. The molecule has 1 unspecified atom stereocenters. The van der Waals surface area contributed by atoms with Crippen LogP contribution < -0.4 is 11.1 Å². The number of benzene rings is 1. The Hall–Kier alpha value is -2.04. The number of amidine groups is 1. The first kappa shape index (κ1) is 14.4. The van der Waals surface area contributed by atoms with Gasteiger partial charge >= 0.3 is 0 Å². The number of rotatable bonds is 5. The minimum Gasteiger partial charge on any atom is -0.409 e. The Kier molecular flexibility index (Phi) is 4.61. The van der Waals surface area contributed by atoms with Gasteiger partial charge in [-0.3, -0.25) is 4.79 Å². The van der Waals surface area contributed by atoms with E-state index in [1.807, 2.05) is 19.1 Å². The van der Waals surface area contributed by atoms with Crippen LogP contribution in [0.3, 0.4) is 0 Å². The van der Waals surface area contributed by atoms with Crippen LogP contribution in [0.15, 0.2) is 23.4 Å². The maximum absolute atomic E-state index is 12.2. The molecule has 1 aliphatic rings. The van der Waals surface area contributed by atoms with Gasteiger partial charge in [0, 0.05) is 5.69 Å². The Balaban J connectivity index is 2.09. The van der Waals surface area contributed by atoms with Gasteiger partial charge in [-0.2, -0.15) is 0 Å². The molecule has 1 aliphatic carbocycles. The highest BCUT2D eigenvalue weighted by Gasteiger charge is 2.22. The smallest absolute Gasteiger partial charge is 0.235 e. The summed E-state index contributed by atoms with van der Waals surface area (Å²) in [5.41, 5.74) is 9.04. The SMILES string of the molecule is CCCC(C(=O)Nc1ccc2c(c1)CCC2)C(N)=NO. The first-order chi connectivity index (χ1) is 9.65. The minimum absolute atomic E-state index is 0.0366. The standard InChI is InChI=1S/C15H21N3O2/c1-2-4-13(14(16)18-20)15(19)17-12-8-7-10-5-3-6-11(10)9-12/h7-9,13,20H,2-6H2,1H3,(H2,16,18)(H,17,19). The molecule has 0 radical (unpaired) electrons. The fourth-order valence-corrected chi connectivity index (χ4v) is 2.65. The highest BCUT2D eigenvalue weighted by molar-refractivity contribution is 6.07. The third kappa shape index (κ3) is 3.10. The number of carbonyl (C=O) groups excluding carboxylic acids is 1. The van der Waals surface area contributed by atoms with Gasteiger partial charge in [-0.15, -0.1) is 0 Å². The summed E-state index contributed by atoms with van der Waals surface area (Å²) in [5.74, 6) is -0.844. The quantitative estimate of drug-likeness (QED) is 0.333. The van der Waals surface area contributed by atoms with Crippen LogP contribution in [-0.2, 0) is 17.6 Å². The van der Waals surface area contributed by atoms with E-state index < -0.39 is 5.92 Å². The van der Waals surface area contributed by atoms with Gasteiger partial charge in [0.2, 0.25) is 5.91 Å². The molecule has 0 spiro atoms. The molecule has 0 saturated carbocycles. The van der Waals surface area contributed by atoms with Crippen molar-refractivity contribution in [2.24, 2.45) is 16.8 Å². The summed E-state index contributed by atoms with van der Waals surface area (Å²) >= 11 is 0. The highest BCUT2D eigenvalue weighted by atomic mass is 16.4. The number of aryl methyl sites for hydroxylation is 2. The zero-order valence-corrected chi connectivity index (χ0v) is 11.7. The predicted molar refractivity (Wildman–Crippen MR) is 78.9 cm³/mol. The molecule has 0 saturated heterocycles. The van der Waals surface area contributed by atoms with Gasteiger partial charge in [-0.05, 0) is 48.9 Å². The number of nitrogens with two attached hydrogens (primary N) is 1. The summed E-state index contributed by atoms with van der Waals surface area (Å²) in [5, 5.41) is 14.6. The fourth-order valence-electron chi connectivity index (χ4n) is 2.65. The summed E-state index contributed by atoms with van der Waals surface area (Å²) < 4.78 is 0. The molecule has 5 nitrogen and oxygen atoms in total. The minimum atomic E-state index is -0.585. The molecule has 0 fully saturated rings. The van der Waals surface area contributed by atoms with Crippen LogP contribution in [0, 0.1) is 5.92 Å². The number of fused-ring (bicyclic) bond motifs is 1. The number of carbonyl (C=O) groups is 1. The topological polar surface area (TPSA) is 87.7 Å². The third-order valence-corrected chi connectivity index (χ3v) is 3.73. The molecule has 4 N–H and O–H groups in total. The lowest BCUT2D eigenvalue weighted by Crippen LogP contribution is -2.34. The summed E-state index contributed by atoms with van der Waals surface area (Å²) in [6.07, 6.45) is 4.71. The van der Waals surface area contributed by atoms with E-state index in [0.29, 0.717) is 6.42 Å². The van der Waals surface area contributed by atoms with Gasteiger partial charge in [-0.25, -0.2) is 0 Å². The van der Waals surface area contributed by atoms with Gasteiger partial charge in [0.25, 0.3) is 0 Å². The number of nitrogens with zero attached hydrogens (tertiary/aromatic N) is 1. The number of hydrogen-bond donors (Lipinski definition) is 3. The number of hydrogen-bond acceptors (Lipinski definition) is 3. The predicted octanol–water partition coefficient (Wildman–Crippen LogP) is 2.28. The van der Waals surface area contributed by atoms with E-state index in [-0.39, 0.29) is 11.7 Å². The van der Waals surface area contributed by atoms with Crippen LogP contribution in [0.5, 0.6) is 0 Å². The average Bonchev–Trinajstić information content (AvgIpc) is 2.91. The second-order valence-corrected chi connectivity index (χ2v) is 5.19. The summed E-state index contributed by atoms with van der Waals surface area (Å²) in [4.78, 5) is 12.2. The summed E-state index contributed by atoms with van der Waals surface area (Å²) in [6, 6.07) is 6.00. The van der Waals surface area contributed by atoms with E-state index in [4.69, 9.17) is 10.9 Å². The lowest BCUT2D eigenvalue weighted by atomic mass is 10.0. The molecule has 0 bridgehead atoms. The second kappa shape index (κ2) is 6.41. The van der Waals surface area contributed by atoms with E-state index in [1.165, 1.54) is 17.5 Å². The van der Waals surface area contributed by atoms with Gasteiger partial charge in [0.05, 0.1) is 5.92 Å². The molecule has 1 atom stereocenters. The number of anilines is 1. The van der Waals surface area contributed by atoms with E-state index in [9.17, 15) is 4.79 Å². The lowest BCUT2D eigenvalue weighted by Gasteiger charge is -2.15. The normalized spacial score (nSPS) is 15.8. The van der Waals surface area contributed by atoms with Crippen molar-refractivity contribution in [3.05, 3.63) is 29.3 Å².